The van der Waals surface area contributed by atoms with E-state index < -0.39 is 0 Å². The molecule has 2 N–H and O–H groups in total. The van der Waals surface area contributed by atoms with Crippen LogP contribution in [0.2, 0.25) is 5.02 Å². The number of amides is 1. The molecule has 2 atom stereocenters. The first-order valence-electron chi connectivity index (χ1n) is 12.0. The van der Waals surface area contributed by atoms with Gasteiger partial charge in [-0.25, -0.2) is 14.6 Å². The van der Waals surface area contributed by atoms with E-state index in [0.717, 1.165) is 18.4 Å². The largest absolute Gasteiger partial charge is 0.457 e. The molecular formula is C27H25ClN6O3. The average molecular weight is 517 g/mol. The first kappa shape index (κ1) is 23.4. The molecule has 2 aromatic heterocycles. The lowest BCUT2D eigenvalue weighted by Crippen LogP contribution is -2.35. The number of anilines is 1. The fourth-order valence-corrected chi connectivity index (χ4v) is 5.40. The van der Waals surface area contributed by atoms with Crippen LogP contribution in [0, 0.1) is 0 Å². The van der Waals surface area contributed by atoms with Crippen LogP contribution in [0.1, 0.15) is 18.9 Å². The van der Waals surface area contributed by atoms with Gasteiger partial charge in [0.1, 0.15) is 29.3 Å². The molecule has 10 heteroatoms. The number of nitrogens with two attached hydrogens (primary N) is 1. The Hall–Kier alpha value is -3.95. The number of hydrogen-bond acceptors (Lipinski definition) is 7. The number of halogens is 1. The molecule has 4 aromatic rings. The number of rotatable bonds is 5. The molecule has 0 bridgehead atoms. The molecule has 2 aliphatic rings. The van der Waals surface area contributed by atoms with E-state index in [-0.39, 0.29) is 17.6 Å². The standard InChI is InChI=1S/C27H25ClN6O3/c1-2-22(35)33-11-10-27(15-33)13-19(14-36-27)34-26-23(25(29)30-16-31-26)24(32-34)17-6-8-20(9-7-17)37-21-5-3-4-18(28)12-21/h2-9,12,16,19H,1,10-11,13-15H2,(H2,29,30,31). The third kappa shape index (κ3) is 4.30. The fraction of sp³-hybridized carbons (Fsp3) is 0.259. The zero-order valence-electron chi connectivity index (χ0n) is 20.0. The van der Waals surface area contributed by atoms with E-state index in [4.69, 9.17) is 31.9 Å². The van der Waals surface area contributed by atoms with Gasteiger partial charge in [0.05, 0.1) is 30.2 Å². The van der Waals surface area contributed by atoms with Crippen molar-refractivity contribution in [3.63, 3.8) is 0 Å². The first-order chi connectivity index (χ1) is 17.9. The second kappa shape index (κ2) is 9.17. The molecule has 188 valence electrons. The van der Waals surface area contributed by atoms with E-state index in [2.05, 4.69) is 16.5 Å². The van der Waals surface area contributed by atoms with E-state index >= 15 is 0 Å². The van der Waals surface area contributed by atoms with Crippen LogP contribution in [0.4, 0.5) is 5.82 Å². The van der Waals surface area contributed by atoms with Gasteiger partial charge in [-0.3, -0.25) is 4.79 Å². The number of nitrogens with zero attached hydrogens (tertiary/aromatic N) is 5. The second-order valence-corrected chi connectivity index (χ2v) is 9.84. The second-order valence-electron chi connectivity index (χ2n) is 9.40. The Bertz CT molecular complexity index is 1500. The van der Waals surface area contributed by atoms with Gasteiger partial charge in [0.25, 0.3) is 0 Å². The van der Waals surface area contributed by atoms with Crippen LogP contribution in [0.5, 0.6) is 11.5 Å². The van der Waals surface area contributed by atoms with E-state index in [0.29, 0.717) is 58.8 Å². The smallest absolute Gasteiger partial charge is 0.246 e. The summed E-state index contributed by atoms with van der Waals surface area (Å²) in [7, 11) is 0. The molecule has 2 aromatic carbocycles. The highest BCUT2D eigenvalue weighted by atomic mass is 35.5. The first-order valence-corrected chi connectivity index (χ1v) is 12.4. The van der Waals surface area contributed by atoms with Crippen molar-refractivity contribution >= 4 is 34.4 Å². The highest BCUT2D eigenvalue weighted by Crippen LogP contribution is 2.42. The third-order valence-electron chi connectivity index (χ3n) is 7.02. The van der Waals surface area contributed by atoms with Crippen LogP contribution in [-0.2, 0) is 9.53 Å². The molecule has 0 saturated carbocycles. The summed E-state index contributed by atoms with van der Waals surface area (Å²) >= 11 is 6.07. The maximum atomic E-state index is 12.1. The number of hydrogen-bond donors (Lipinski definition) is 1. The molecule has 2 saturated heterocycles. The summed E-state index contributed by atoms with van der Waals surface area (Å²) in [5.41, 5.74) is 8.13. The summed E-state index contributed by atoms with van der Waals surface area (Å²) in [6.45, 7) is 5.28. The lowest BCUT2D eigenvalue weighted by Gasteiger charge is -2.22. The van der Waals surface area contributed by atoms with Crippen LogP contribution in [0.25, 0.3) is 22.3 Å². The predicted molar refractivity (Wildman–Crippen MR) is 140 cm³/mol. The number of nitrogen functional groups attached to an aromatic ring is 1. The quantitative estimate of drug-likeness (QED) is 0.385. The number of likely N-dealkylation sites (tertiary alicyclic amines) is 1. The topological polar surface area (TPSA) is 108 Å². The van der Waals surface area contributed by atoms with Crippen molar-refractivity contribution in [2.45, 2.75) is 24.5 Å². The lowest BCUT2D eigenvalue weighted by molar-refractivity contribution is -0.126. The summed E-state index contributed by atoms with van der Waals surface area (Å²) < 4.78 is 14.1. The summed E-state index contributed by atoms with van der Waals surface area (Å²) in [6, 6.07) is 14.8. The molecule has 9 nitrogen and oxygen atoms in total. The molecule has 1 spiro atoms. The summed E-state index contributed by atoms with van der Waals surface area (Å²) in [6.07, 6.45) is 4.30. The van der Waals surface area contributed by atoms with Crippen LogP contribution >= 0.6 is 11.6 Å². The lowest BCUT2D eigenvalue weighted by atomic mass is 9.97. The molecule has 37 heavy (non-hydrogen) atoms. The number of carbonyl (C=O) groups is 1. The fourth-order valence-electron chi connectivity index (χ4n) is 5.22. The van der Waals surface area contributed by atoms with Gasteiger partial charge in [-0.15, -0.1) is 0 Å². The third-order valence-corrected chi connectivity index (χ3v) is 7.25. The van der Waals surface area contributed by atoms with Crippen molar-refractivity contribution in [2.75, 3.05) is 25.4 Å². The molecule has 0 aliphatic carbocycles. The Labute approximate surface area is 218 Å². The molecule has 2 fully saturated rings. The van der Waals surface area contributed by atoms with Gasteiger partial charge in [0, 0.05) is 23.6 Å². The molecule has 1 amide bonds. The van der Waals surface area contributed by atoms with Gasteiger partial charge in [0.15, 0.2) is 5.65 Å². The van der Waals surface area contributed by atoms with Crippen molar-refractivity contribution in [3.8, 4) is 22.8 Å². The van der Waals surface area contributed by atoms with Gasteiger partial charge in [-0.2, -0.15) is 5.10 Å². The minimum absolute atomic E-state index is 0.0465. The van der Waals surface area contributed by atoms with E-state index in [1.165, 1.54) is 12.4 Å². The summed E-state index contributed by atoms with van der Waals surface area (Å²) in [5.74, 6) is 1.62. The van der Waals surface area contributed by atoms with Crippen molar-refractivity contribution in [1.82, 2.24) is 24.6 Å². The highest BCUT2D eigenvalue weighted by Gasteiger charge is 2.47. The summed E-state index contributed by atoms with van der Waals surface area (Å²) in [4.78, 5) is 22.6. The van der Waals surface area contributed by atoms with Crippen LogP contribution in [0.15, 0.2) is 67.5 Å². The normalized spacial score (nSPS) is 21.1. The number of carbonyl (C=O) groups excluding carboxylic acids is 1. The molecular weight excluding hydrogens is 492 g/mol. The molecule has 2 aliphatic heterocycles. The molecule has 0 radical (unpaired) electrons. The van der Waals surface area contributed by atoms with Gasteiger partial charge in [-0.1, -0.05) is 24.2 Å². The predicted octanol–water partition coefficient (Wildman–Crippen LogP) is 4.64. The van der Waals surface area contributed by atoms with Crippen molar-refractivity contribution in [1.29, 1.82) is 0 Å². The average Bonchev–Trinajstić information content (AvgIpc) is 3.62. The van der Waals surface area contributed by atoms with Crippen LogP contribution in [-0.4, -0.2) is 55.9 Å². The minimum Gasteiger partial charge on any atom is -0.457 e. The number of benzene rings is 2. The van der Waals surface area contributed by atoms with E-state index in [1.54, 1.807) is 17.0 Å². The Morgan fingerprint density at radius 3 is 2.84 bits per heavy atom. The minimum atomic E-state index is -0.389. The van der Waals surface area contributed by atoms with Gasteiger partial charge >= 0.3 is 0 Å². The molecule has 4 heterocycles. The summed E-state index contributed by atoms with van der Waals surface area (Å²) in [5, 5.41) is 6.26. The van der Waals surface area contributed by atoms with Crippen molar-refractivity contribution < 1.29 is 14.3 Å². The maximum Gasteiger partial charge on any atom is 0.246 e. The number of fused-ring (bicyclic) bond motifs is 1. The Morgan fingerprint density at radius 2 is 2.05 bits per heavy atom. The van der Waals surface area contributed by atoms with Crippen LogP contribution < -0.4 is 10.5 Å². The molecule has 2 unspecified atom stereocenters. The number of aromatic nitrogens is 4. The van der Waals surface area contributed by atoms with Gasteiger partial charge in [0.2, 0.25) is 5.91 Å². The highest BCUT2D eigenvalue weighted by molar-refractivity contribution is 6.30. The maximum absolute atomic E-state index is 12.1. The zero-order valence-corrected chi connectivity index (χ0v) is 20.8. The monoisotopic (exact) mass is 516 g/mol. The van der Waals surface area contributed by atoms with Crippen molar-refractivity contribution in [3.05, 3.63) is 72.5 Å². The van der Waals surface area contributed by atoms with E-state index in [1.807, 2.05) is 41.1 Å². The van der Waals surface area contributed by atoms with Crippen molar-refractivity contribution in [2.24, 2.45) is 0 Å². The zero-order chi connectivity index (χ0) is 25.6. The Kier molecular flexibility index (Phi) is 5.81. The number of ether oxygens (including phenoxy) is 2. The SMILES string of the molecule is C=CC(=O)N1CCC2(CC(n3nc(-c4ccc(Oc5cccc(Cl)c5)cc4)c4c(N)ncnc43)CO2)C1. The van der Waals surface area contributed by atoms with Crippen LogP contribution in [0.3, 0.4) is 0 Å². The Morgan fingerprint density at radius 1 is 1.22 bits per heavy atom. The van der Waals surface area contributed by atoms with E-state index in [9.17, 15) is 4.79 Å². The van der Waals surface area contributed by atoms with Gasteiger partial charge < -0.3 is 20.1 Å². The molecule has 6 rings (SSSR count). The Balaban J connectivity index is 1.30. The van der Waals surface area contributed by atoms with Gasteiger partial charge in [-0.05, 0) is 55.0 Å².